The van der Waals surface area contributed by atoms with Crippen molar-refractivity contribution < 1.29 is 13.5 Å². The van der Waals surface area contributed by atoms with E-state index in [9.17, 15) is 13.5 Å². The van der Waals surface area contributed by atoms with Crippen LogP contribution in [0.3, 0.4) is 0 Å². The van der Waals surface area contributed by atoms with Crippen molar-refractivity contribution in [3.05, 3.63) is 71.8 Å². The Morgan fingerprint density at radius 2 is 1.72 bits per heavy atom. The number of anilines is 1. The van der Waals surface area contributed by atoms with Gasteiger partial charge in [0.25, 0.3) is 10.0 Å². The van der Waals surface area contributed by atoms with Gasteiger partial charge in [0.2, 0.25) is 0 Å². The summed E-state index contributed by atoms with van der Waals surface area (Å²) in [5, 5.41) is 11.6. The van der Waals surface area contributed by atoms with Crippen LogP contribution in [0.25, 0.3) is 10.8 Å². The van der Waals surface area contributed by atoms with Crippen LogP contribution in [0.2, 0.25) is 0 Å². The lowest BCUT2D eigenvalue weighted by Gasteiger charge is -2.17. The molecule has 1 atom stereocenters. The number of hydrogen-bond acceptors (Lipinski definition) is 3. The second-order valence-electron chi connectivity index (χ2n) is 5.74. The van der Waals surface area contributed by atoms with Crippen LogP contribution in [0.15, 0.2) is 65.6 Å². The lowest BCUT2D eigenvalue weighted by molar-refractivity contribution is 0.239. The molecule has 5 heteroatoms. The van der Waals surface area contributed by atoms with Crippen molar-refractivity contribution in [1.29, 1.82) is 0 Å². The summed E-state index contributed by atoms with van der Waals surface area (Å²) in [5.74, 6) is 2.24. The number of aliphatic hydroxyl groups excluding tert-OH is 1. The first-order chi connectivity index (χ1) is 11.9. The average Bonchev–Trinajstić information content (AvgIpc) is 2.61. The highest BCUT2D eigenvalue weighted by Crippen LogP contribution is 2.33. The molecule has 0 amide bonds. The van der Waals surface area contributed by atoms with Crippen LogP contribution in [0.4, 0.5) is 5.69 Å². The molecule has 3 aromatic rings. The number of terminal acetylenes is 1. The third-order valence-corrected chi connectivity index (χ3v) is 5.35. The SMILES string of the molecule is C#CC(O)c1ccc2ccccc2c1NS(=O)(=O)c1ccc(C)cc1. The molecule has 4 nitrogen and oxygen atoms in total. The molecule has 0 saturated carbocycles. The van der Waals surface area contributed by atoms with Crippen LogP contribution in [0.1, 0.15) is 17.2 Å². The van der Waals surface area contributed by atoms with Gasteiger partial charge in [0.1, 0.15) is 6.10 Å². The van der Waals surface area contributed by atoms with Crippen molar-refractivity contribution in [2.75, 3.05) is 4.72 Å². The van der Waals surface area contributed by atoms with E-state index in [0.717, 1.165) is 10.9 Å². The van der Waals surface area contributed by atoms with Gasteiger partial charge in [0, 0.05) is 10.9 Å². The standard InChI is InChI=1S/C20H17NO3S/c1-3-19(22)18-13-10-15-6-4-5-7-17(15)20(18)21-25(23,24)16-11-8-14(2)9-12-16/h1,4-13,19,21-22H,2H3. The van der Waals surface area contributed by atoms with Gasteiger partial charge in [-0.2, -0.15) is 0 Å². The van der Waals surface area contributed by atoms with Gasteiger partial charge in [-0.3, -0.25) is 4.72 Å². The largest absolute Gasteiger partial charge is 0.376 e. The molecule has 0 aliphatic rings. The third kappa shape index (κ3) is 3.36. The topological polar surface area (TPSA) is 66.4 Å². The van der Waals surface area contributed by atoms with Gasteiger partial charge >= 0.3 is 0 Å². The Labute approximate surface area is 147 Å². The van der Waals surface area contributed by atoms with Crippen LogP contribution in [-0.4, -0.2) is 13.5 Å². The maximum Gasteiger partial charge on any atom is 0.261 e. The first-order valence-electron chi connectivity index (χ1n) is 7.68. The van der Waals surface area contributed by atoms with Gasteiger partial charge in [0.15, 0.2) is 0 Å². The molecule has 0 heterocycles. The molecule has 2 N–H and O–H groups in total. The number of fused-ring (bicyclic) bond motifs is 1. The molecular formula is C20H17NO3S. The number of benzene rings is 3. The Hall–Kier alpha value is -2.81. The first-order valence-corrected chi connectivity index (χ1v) is 9.16. The van der Waals surface area contributed by atoms with Crippen LogP contribution in [0.5, 0.6) is 0 Å². The highest BCUT2D eigenvalue weighted by Gasteiger charge is 2.20. The van der Waals surface area contributed by atoms with Crippen molar-refractivity contribution in [2.45, 2.75) is 17.9 Å². The molecule has 0 aliphatic carbocycles. The summed E-state index contributed by atoms with van der Waals surface area (Å²) in [5.41, 5.74) is 1.61. The Morgan fingerprint density at radius 3 is 2.40 bits per heavy atom. The Balaban J connectivity index is 2.17. The van der Waals surface area contributed by atoms with E-state index >= 15 is 0 Å². The summed E-state index contributed by atoms with van der Waals surface area (Å²) in [6, 6.07) is 17.3. The van der Waals surface area contributed by atoms with Gasteiger partial charge in [-0.25, -0.2) is 8.42 Å². The summed E-state index contributed by atoms with van der Waals surface area (Å²) in [7, 11) is -3.82. The molecule has 0 spiro atoms. The van der Waals surface area contributed by atoms with Crippen molar-refractivity contribution in [2.24, 2.45) is 0 Å². The van der Waals surface area contributed by atoms with Crippen molar-refractivity contribution in [3.63, 3.8) is 0 Å². The minimum Gasteiger partial charge on any atom is -0.376 e. The molecule has 0 bridgehead atoms. The molecule has 3 rings (SSSR count). The molecule has 0 saturated heterocycles. The van der Waals surface area contributed by atoms with E-state index in [1.165, 1.54) is 0 Å². The fourth-order valence-corrected chi connectivity index (χ4v) is 3.74. The van der Waals surface area contributed by atoms with E-state index in [0.29, 0.717) is 16.6 Å². The van der Waals surface area contributed by atoms with Gasteiger partial charge in [-0.15, -0.1) is 6.42 Å². The maximum atomic E-state index is 12.8. The monoisotopic (exact) mass is 351 g/mol. The van der Waals surface area contributed by atoms with E-state index in [1.54, 1.807) is 48.5 Å². The minimum atomic E-state index is -3.82. The fourth-order valence-electron chi connectivity index (χ4n) is 2.63. The first kappa shape index (κ1) is 17.0. The normalized spacial score (nSPS) is 12.5. The van der Waals surface area contributed by atoms with E-state index in [-0.39, 0.29) is 4.90 Å². The average molecular weight is 351 g/mol. The van der Waals surface area contributed by atoms with Crippen LogP contribution < -0.4 is 4.72 Å². The van der Waals surface area contributed by atoms with Gasteiger partial charge in [0.05, 0.1) is 10.6 Å². The second-order valence-corrected chi connectivity index (χ2v) is 7.42. The predicted molar refractivity (Wildman–Crippen MR) is 99.7 cm³/mol. The Kier molecular flexibility index (Phi) is 4.49. The zero-order valence-electron chi connectivity index (χ0n) is 13.6. The lowest BCUT2D eigenvalue weighted by atomic mass is 10.0. The van der Waals surface area contributed by atoms with Crippen molar-refractivity contribution >= 4 is 26.5 Å². The highest BCUT2D eigenvalue weighted by molar-refractivity contribution is 7.92. The van der Waals surface area contributed by atoms with Crippen LogP contribution in [-0.2, 0) is 10.0 Å². The molecule has 3 aromatic carbocycles. The minimum absolute atomic E-state index is 0.146. The summed E-state index contributed by atoms with van der Waals surface area (Å²) in [4.78, 5) is 0.146. The molecule has 0 fully saturated rings. The van der Waals surface area contributed by atoms with E-state index in [1.807, 2.05) is 19.1 Å². The smallest absolute Gasteiger partial charge is 0.261 e. The number of nitrogens with one attached hydrogen (secondary N) is 1. The van der Waals surface area contributed by atoms with Crippen LogP contribution >= 0.6 is 0 Å². The lowest BCUT2D eigenvalue weighted by Crippen LogP contribution is -2.15. The Bertz CT molecular complexity index is 1060. The van der Waals surface area contributed by atoms with Crippen molar-refractivity contribution in [1.82, 2.24) is 0 Å². The van der Waals surface area contributed by atoms with Crippen LogP contribution in [0, 0.1) is 19.3 Å². The molecule has 0 aliphatic heterocycles. The molecule has 0 radical (unpaired) electrons. The Morgan fingerprint density at radius 1 is 1.04 bits per heavy atom. The number of aliphatic hydroxyl groups is 1. The number of rotatable bonds is 4. The molecule has 0 aromatic heterocycles. The summed E-state index contributed by atoms with van der Waals surface area (Å²) < 4.78 is 28.1. The second kappa shape index (κ2) is 6.60. The van der Waals surface area contributed by atoms with Gasteiger partial charge in [-0.05, 0) is 24.4 Å². The zero-order valence-corrected chi connectivity index (χ0v) is 14.4. The molecule has 1 unspecified atom stereocenters. The predicted octanol–water partition coefficient (Wildman–Crippen LogP) is 3.62. The van der Waals surface area contributed by atoms with Crippen molar-refractivity contribution in [3.8, 4) is 12.3 Å². The van der Waals surface area contributed by atoms with Gasteiger partial charge < -0.3 is 5.11 Å². The fraction of sp³-hybridized carbons (Fsp3) is 0.100. The molecule has 126 valence electrons. The van der Waals surface area contributed by atoms with E-state index in [2.05, 4.69) is 10.6 Å². The van der Waals surface area contributed by atoms with E-state index in [4.69, 9.17) is 6.42 Å². The number of aryl methyl sites for hydroxylation is 1. The van der Waals surface area contributed by atoms with E-state index < -0.39 is 16.1 Å². The summed E-state index contributed by atoms with van der Waals surface area (Å²) in [6.07, 6.45) is 4.12. The highest BCUT2D eigenvalue weighted by atomic mass is 32.2. The molecule has 25 heavy (non-hydrogen) atoms. The summed E-state index contributed by atoms with van der Waals surface area (Å²) >= 11 is 0. The molecular weight excluding hydrogens is 334 g/mol. The maximum absolute atomic E-state index is 12.8. The third-order valence-electron chi connectivity index (χ3n) is 3.98. The number of hydrogen-bond donors (Lipinski definition) is 2. The zero-order chi connectivity index (χ0) is 18.0. The summed E-state index contributed by atoms with van der Waals surface area (Å²) in [6.45, 7) is 1.88. The quantitative estimate of drug-likeness (QED) is 0.706. The number of sulfonamides is 1. The van der Waals surface area contributed by atoms with Gasteiger partial charge in [-0.1, -0.05) is 60.0 Å².